The molecular formula is C13H18F2O3. The summed E-state index contributed by atoms with van der Waals surface area (Å²) in [6, 6.07) is 2.43. The highest BCUT2D eigenvalue weighted by Gasteiger charge is 2.28. The summed E-state index contributed by atoms with van der Waals surface area (Å²) in [6.45, 7) is 5.47. The van der Waals surface area contributed by atoms with E-state index >= 15 is 0 Å². The molecule has 0 aliphatic heterocycles. The molecule has 102 valence electrons. The average Bonchev–Trinajstić information content (AvgIpc) is 2.34. The number of hydrogen-bond donors (Lipinski definition) is 1. The van der Waals surface area contributed by atoms with E-state index in [2.05, 4.69) is 0 Å². The van der Waals surface area contributed by atoms with Crippen LogP contribution in [0, 0.1) is 18.6 Å². The minimum absolute atomic E-state index is 0.261. The molecule has 0 aliphatic carbocycles. The van der Waals surface area contributed by atoms with E-state index in [0.717, 1.165) is 6.07 Å². The Labute approximate surface area is 105 Å². The van der Waals surface area contributed by atoms with Crippen molar-refractivity contribution in [3.63, 3.8) is 0 Å². The molecule has 0 heterocycles. The number of aliphatic hydroxyl groups excluding tert-OH is 1. The molecule has 3 nitrogen and oxygen atoms in total. The van der Waals surface area contributed by atoms with Gasteiger partial charge in [-0.2, -0.15) is 0 Å². The van der Waals surface area contributed by atoms with Crippen molar-refractivity contribution in [3.8, 4) is 0 Å². The zero-order valence-corrected chi connectivity index (χ0v) is 10.7. The smallest absolute Gasteiger partial charge is 0.187 e. The van der Waals surface area contributed by atoms with Crippen LogP contribution in [-0.4, -0.2) is 24.6 Å². The number of aryl methyl sites for hydroxylation is 1. The maximum absolute atomic E-state index is 13.8. The van der Waals surface area contributed by atoms with Crippen LogP contribution in [0.1, 0.15) is 31.1 Å². The summed E-state index contributed by atoms with van der Waals surface area (Å²) in [4.78, 5) is 0. The molecule has 0 fully saturated rings. The summed E-state index contributed by atoms with van der Waals surface area (Å²) in [7, 11) is 0. The van der Waals surface area contributed by atoms with Crippen molar-refractivity contribution < 1.29 is 23.4 Å². The Morgan fingerprint density at radius 2 is 1.72 bits per heavy atom. The molecule has 1 aromatic carbocycles. The Hall–Kier alpha value is -1.04. The van der Waals surface area contributed by atoms with E-state index in [1.807, 2.05) is 0 Å². The van der Waals surface area contributed by atoms with Crippen LogP contribution in [0.25, 0.3) is 0 Å². The fourth-order valence-electron chi connectivity index (χ4n) is 1.64. The molecule has 0 amide bonds. The molecule has 0 bridgehead atoms. The summed E-state index contributed by atoms with van der Waals surface area (Å²) in [6.07, 6.45) is -2.57. The van der Waals surface area contributed by atoms with Gasteiger partial charge in [-0.1, -0.05) is 6.07 Å². The number of benzene rings is 1. The predicted octanol–water partition coefficient (Wildman–Crippen LogP) is 2.71. The second-order valence-corrected chi connectivity index (χ2v) is 3.82. The lowest BCUT2D eigenvalue weighted by Crippen LogP contribution is -2.27. The fraction of sp³-hybridized carbons (Fsp3) is 0.538. The topological polar surface area (TPSA) is 38.7 Å². The van der Waals surface area contributed by atoms with E-state index in [0.29, 0.717) is 0 Å². The lowest BCUT2D eigenvalue weighted by molar-refractivity contribution is -0.192. The van der Waals surface area contributed by atoms with E-state index in [9.17, 15) is 13.9 Å². The van der Waals surface area contributed by atoms with Crippen molar-refractivity contribution in [2.24, 2.45) is 0 Å². The minimum atomic E-state index is -1.50. The summed E-state index contributed by atoms with van der Waals surface area (Å²) in [5, 5.41) is 10.00. The largest absolute Gasteiger partial charge is 0.383 e. The Morgan fingerprint density at radius 1 is 1.17 bits per heavy atom. The van der Waals surface area contributed by atoms with Gasteiger partial charge in [0.2, 0.25) is 0 Å². The van der Waals surface area contributed by atoms with Crippen LogP contribution in [0.3, 0.4) is 0 Å². The van der Waals surface area contributed by atoms with E-state index in [1.54, 1.807) is 13.8 Å². The third-order valence-corrected chi connectivity index (χ3v) is 2.54. The lowest BCUT2D eigenvalue weighted by Gasteiger charge is -2.23. The average molecular weight is 260 g/mol. The molecule has 0 radical (unpaired) electrons. The first-order valence-electron chi connectivity index (χ1n) is 5.88. The van der Waals surface area contributed by atoms with Crippen LogP contribution in [0.4, 0.5) is 8.78 Å². The monoisotopic (exact) mass is 260 g/mol. The second-order valence-electron chi connectivity index (χ2n) is 3.82. The Kier molecular flexibility index (Phi) is 5.65. The van der Waals surface area contributed by atoms with Gasteiger partial charge in [-0.15, -0.1) is 0 Å². The molecule has 0 aromatic heterocycles. The quantitative estimate of drug-likeness (QED) is 0.799. The number of hydrogen-bond acceptors (Lipinski definition) is 3. The Morgan fingerprint density at radius 3 is 2.22 bits per heavy atom. The van der Waals surface area contributed by atoms with E-state index in [-0.39, 0.29) is 18.8 Å². The van der Waals surface area contributed by atoms with Gasteiger partial charge in [0.1, 0.15) is 17.7 Å². The Balaban J connectivity index is 3.07. The molecule has 0 saturated heterocycles. The number of rotatable bonds is 6. The van der Waals surface area contributed by atoms with Crippen LogP contribution < -0.4 is 0 Å². The first-order chi connectivity index (χ1) is 8.52. The molecule has 1 aromatic rings. The van der Waals surface area contributed by atoms with Gasteiger partial charge in [0.25, 0.3) is 0 Å². The van der Waals surface area contributed by atoms with E-state index in [1.165, 1.54) is 13.0 Å². The summed E-state index contributed by atoms with van der Waals surface area (Å²) >= 11 is 0. The molecule has 1 atom stereocenters. The standard InChI is InChI=1S/C13H18F2O3/c1-4-17-13(18-5-2)12(16)10-9(14)7-6-8(3)11(10)15/h6-7,12-13,16H,4-5H2,1-3H3. The molecule has 0 saturated carbocycles. The fourth-order valence-corrected chi connectivity index (χ4v) is 1.64. The normalized spacial score (nSPS) is 13.1. The van der Waals surface area contributed by atoms with Crippen molar-refractivity contribution in [1.82, 2.24) is 0 Å². The highest BCUT2D eigenvalue weighted by atomic mass is 19.1. The second kappa shape index (κ2) is 6.78. The van der Waals surface area contributed by atoms with E-state index < -0.39 is 29.6 Å². The minimum Gasteiger partial charge on any atom is -0.383 e. The maximum atomic E-state index is 13.8. The van der Waals surface area contributed by atoms with E-state index in [4.69, 9.17) is 9.47 Å². The van der Waals surface area contributed by atoms with Gasteiger partial charge in [0.15, 0.2) is 6.29 Å². The van der Waals surface area contributed by atoms with Crippen LogP contribution >= 0.6 is 0 Å². The number of halogens is 2. The molecule has 1 N–H and O–H groups in total. The number of aliphatic hydroxyl groups is 1. The lowest BCUT2D eigenvalue weighted by atomic mass is 10.0. The van der Waals surface area contributed by atoms with Crippen molar-refractivity contribution in [2.45, 2.75) is 33.2 Å². The molecule has 5 heteroatoms. The highest BCUT2D eigenvalue weighted by molar-refractivity contribution is 5.28. The Bertz CT molecular complexity index is 390. The van der Waals surface area contributed by atoms with Crippen LogP contribution in [0.2, 0.25) is 0 Å². The first kappa shape index (κ1) is 15.0. The molecule has 0 aliphatic rings. The molecule has 18 heavy (non-hydrogen) atoms. The van der Waals surface area contributed by atoms with Gasteiger partial charge < -0.3 is 14.6 Å². The van der Waals surface area contributed by atoms with Gasteiger partial charge >= 0.3 is 0 Å². The molecule has 1 unspecified atom stereocenters. The summed E-state index contributed by atoms with van der Waals surface area (Å²) in [5.74, 6) is -1.58. The van der Waals surface area contributed by atoms with Gasteiger partial charge in [-0.3, -0.25) is 0 Å². The summed E-state index contributed by atoms with van der Waals surface area (Å²) in [5.41, 5.74) is -0.154. The highest BCUT2D eigenvalue weighted by Crippen LogP contribution is 2.27. The zero-order valence-electron chi connectivity index (χ0n) is 10.7. The third-order valence-electron chi connectivity index (χ3n) is 2.54. The van der Waals surface area contributed by atoms with Crippen LogP contribution in [0.5, 0.6) is 0 Å². The van der Waals surface area contributed by atoms with Crippen molar-refractivity contribution in [2.75, 3.05) is 13.2 Å². The SMILES string of the molecule is CCOC(OCC)C(O)c1c(F)ccc(C)c1F. The third kappa shape index (κ3) is 3.25. The summed E-state index contributed by atoms with van der Waals surface area (Å²) < 4.78 is 37.7. The predicted molar refractivity (Wildman–Crippen MR) is 63.1 cm³/mol. The maximum Gasteiger partial charge on any atom is 0.187 e. The molecule has 1 rings (SSSR count). The van der Waals surface area contributed by atoms with Crippen molar-refractivity contribution in [3.05, 3.63) is 34.9 Å². The molecular weight excluding hydrogens is 242 g/mol. The zero-order chi connectivity index (χ0) is 13.7. The van der Waals surface area contributed by atoms with Crippen molar-refractivity contribution >= 4 is 0 Å². The van der Waals surface area contributed by atoms with Crippen LogP contribution in [-0.2, 0) is 9.47 Å². The van der Waals surface area contributed by atoms with Crippen LogP contribution in [0.15, 0.2) is 12.1 Å². The molecule has 0 spiro atoms. The van der Waals surface area contributed by atoms with Gasteiger partial charge in [0.05, 0.1) is 5.56 Å². The van der Waals surface area contributed by atoms with Gasteiger partial charge in [-0.05, 0) is 32.4 Å². The van der Waals surface area contributed by atoms with Gasteiger partial charge in [0, 0.05) is 13.2 Å². The van der Waals surface area contributed by atoms with Gasteiger partial charge in [-0.25, -0.2) is 8.78 Å². The van der Waals surface area contributed by atoms with Crippen molar-refractivity contribution in [1.29, 1.82) is 0 Å². The first-order valence-corrected chi connectivity index (χ1v) is 5.88. The number of ether oxygens (including phenoxy) is 2.